The number of rotatable bonds is 4. The van der Waals surface area contributed by atoms with Gasteiger partial charge in [-0.3, -0.25) is 5.01 Å². The topological polar surface area (TPSA) is 41.6 Å². The third-order valence-corrected chi connectivity index (χ3v) is 4.76. The van der Waals surface area contributed by atoms with Crippen molar-refractivity contribution in [1.29, 1.82) is 0 Å². The Labute approximate surface area is 142 Å². The van der Waals surface area contributed by atoms with Crippen LogP contribution in [-0.2, 0) is 0 Å². The smallest absolute Gasteiger partial charge is 0.0828 e. The van der Waals surface area contributed by atoms with E-state index in [1.807, 2.05) is 19.1 Å². The molecule has 1 heterocycles. The molecule has 0 bridgehead atoms. The summed E-state index contributed by atoms with van der Waals surface area (Å²) in [5.41, 5.74) is 11.5. The van der Waals surface area contributed by atoms with Crippen LogP contribution in [0.15, 0.2) is 47.6 Å². The van der Waals surface area contributed by atoms with E-state index in [4.69, 9.17) is 22.4 Å². The standard InChI is InChI=1S/C19H22ClN3/c1-13-6-8-15(9-7-13)19-12-16(10-11-21)22-23(19)18-5-3-4-17(20)14(18)2/h3-9,19H,10-12,21H2,1-2H3. The summed E-state index contributed by atoms with van der Waals surface area (Å²) in [5, 5.41) is 7.72. The first-order valence-electron chi connectivity index (χ1n) is 7.97. The van der Waals surface area contributed by atoms with Gasteiger partial charge in [-0.25, -0.2) is 0 Å². The molecule has 4 heteroatoms. The van der Waals surface area contributed by atoms with Gasteiger partial charge in [0.1, 0.15) is 0 Å². The summed E-state index contributed by atoms with van der Waals surface area (Å²) in [6, 6.07) is 14.9. The maximum absolute atomic E-state index is 6.31. The van der Waals surface area contributed by atoms with Gasteiger partial charge in [-0.1, -0.05) is 47.5 Å². The lowest BCUT2D eigenvalue weighted by molar-refractivity contribution is 0.705. The molecule has 1 atom stereocenters. The van der Waals surface area contributed by atoms with Crippen LogP contribution < -0.4 is 10.7 Å². The summed E-state index contributed by atoms with van der Waals surface area (Å²) >= 11 is 6.31. The second-order valence-electron chi connectivity index (χ2n) is 6.06. The first kappa shape index (κ1) is 16.0. The molecule has 1 aliphatic heterocycles. The van der Waals surface area contributed by atoms with Crippen LogP contribution in [0.3, 0.4) is 0 Å². The number of aryl methyl sites for hydroxylation is 1. The number of nitrogens with zero attached hydrogens (tertiary/aromatic N) is 2. The lowest BCUT2D eigenvalue weighted by Gasteiger charge is -2.26. The summed E-state index contributed by atoms with van der Waals surface area (Å²) in [4.78, 5) is 0. The van der Waals surface area contributed by atoms with Crippen molar-refractivity contribution in [3.05, 3.63) is 64.2 Å². The maximum Gasteiger partial charge on any atom is 0.0828 e. The van der Waals surface area contributed by atoms with Crippen LogP contribution in [0.2, 0.25) is 5.02 Å². The highest BCUT2D eigenvalue weighted by atomic mass is 35.5. The summed E-state index contributed by atoms with van der Waals surface area (Å²) < 4.78 is 0. The predicted molar refractivity (Wildman–Crippen MR) is 98.3 cm³/mol. The molecule has 23 heavy (non-hydrogen) atoms. The molecule has 3 rings (SSSR count). The molecule has 3 nitrogen and oxygen atoms in total. The van der Waals surface area contributed by atoms with Gasteiger partial charge in [0.15, 0.2) is 0 Å². The van der Waals surface area contributed by atoms with Crippen LogP contribution in [0.4, 0.5) is 5.69 Å². The Morgan fingerprint density at radius 2 is 1.91 bits per heavy atom. The molecular weight excluding hydrogens is 306 g/mol. The largest absolute Gasteiger partial charge is 0.330 e. The highest BCUT2D eigenvalue weighted by Gasteiger charge is 2.29. The third-order valence-electron chi connectivity index (χ3n) is 4.35. The molecule has 120 valence electrons. The fourth-order valence-corrected chi connectivity index (χ4v) is 3.17. The van der Waals surface area contributed by atoms with E-state index in [0.29, 0.717) is 6.54 Å². The molecule has 2 aromatic rings. The number of halogens is 1. The molecule has 0 aromatic heterocycles. The van der Waals surface area contributed by atoms with Gasteiger partial charge >= 0.3 is 0 Å². The second kappa shape index (κ2) is 6.73. The third kappa shape index (κ3) is 3.26. The van der Waals surface area contributed by atoms with Crippen molar-refractivity contribution in [1.82, 2.24) is 0 Å². The van der Waals surface area contributed by atoms with Crippen molar-refractivity contribution in [3.63, 3.8) is 0 Å². The zero-order valence-electron chi connectivity index (χ0n) is 13.6. The number of hydrogen-bond donors (Lipinski definition) is 1. The quantitative estimate of drug-likeness (QED) is 0.890. The average Bonchev–Trinajstić information content (AvgIpc) is 2.95. The molecule has 2 N–H and O–H groups in total. The van der Waals surface area contributed by atoms with Crippen molar-refractivity contribution in [2.24, 2.45) is 10.8 Å². The fraction of sp³-hybridized carbons (Fsp3) is 0.316. The number of hydrazone groups is 1. The Balaban J connectivity index is 2.01. The normalized spacial score (nSPS) is 17.5. The van der Waals surface area contributed by atoms with Crippen molar-refractivity contribution in [2.45, 2.75) is 32.7 Å². The van der Waals surface area contributed by atoms with E-state index in [2.05, 4.69) is 42.3 Å². The van der Waals surface area contributed by atoms with E-state index in [1.165, 1.54) is 11.1 Å². The first-order chi connectivity index (χ1) is 11.1. The highest BCUT2D eigenvalue weighted by Crippen LogP contribution is 2.38. The molecule has 1 unspecified atom stereocenters. The first-order valence-corrected chi connectivity index (χ1v) is 8.35. The lowest BCUT2D eigenvalue weighted by atomic mass is 9.99. The molecule has 0 aliphatic carbocycles. The minimum atomic E-state index is 0.203. The van der Waals surface area contributed by atoms with Crippen LogP contribution in [-0.4, -0.2) is 12.3 Å². The number of benzene rings is 2. The van der Waals surface area contributed by atoms with E-state index in [-0.39, 0.29) is 6.04 Å². The van der Waals surface area contributed by atoms with Gasteiger partial charge in [0.05, 0.1) is 11.7 Å². The van der Waals surface area contributed by atoms with Crippen molar-refractivity contribution in [3.8, 4) is 0 Å². The van der Waals surface area contributed by atoms with E-state index < -0.39 is 0 Å². The Kier molecular flexibility index (Phi) is 4.69. The monoisotopic (exact) mass is 327 g/mol. The van der Waals surface area contributed by atoms with Crippen LogP contribution in [0, 0.1) is 13.8 Å². The number of nitrogens with two attached hydrogens (primary N) is 1. The predicted octanol–water partition coefficient (Wildman–Crippen LogP) is 4.61. The van der Waals surface area contributed by atoms with Crippen molar-refractivity contribution in [2.75, 3.05) is 11.6 Å². The van der Waals surface area contributed by atoms with Gasteiger partial charge in [0.25, 0.3) is 0 Å². The van der Waals surface area contributed by atoms with Crippen LogP contribution in [0.25, 0.3) is 0 Å². The highest BCUT2D eigenvalue weighted by molar-refractivity contribution is 6.31. The summed E-state index contributed by atoms with van der Waals surface area (Å²) in [7, 11) is 0. The van der Waals surface area contributed by atoms with Crippen LogP contribution >= 0.6 is 11.6 Å². The van der Waals surface area contributed by atoms with E-state index in [1.54, 1.807) is 0 Å². The van der Waals surface area contributed by atoms with Crippen LogP contribution in [0.1, 0.15) is 35.6 Å². The molecule has 0 radical (unpaired) electrons. The van der Waals surface area contributed by atoms with Gasteiger partial charge in [-0.05, 0) is 50.1 Å². The van der Waals surface area contributed by atoms with Crippen molar-refractivity contribution >= 4 is 23.0 Å². The summed E-state index contributed by atoms with van der Waals surface area (Å²) in [6.45, 7) is 4.77. The minimum absolute atomic E-state index is 0.203. The molecule has 1 aliphatic rings. The molecular formula is C19H22ClN3. The van der Waals surface area contributed by atoms with Gasteiger partial charge in [0.2, 0.25) is 0 Å². The Morgan fingerprint density at radius 3 is 2.61 bits per heavy atom. The van der Waals surface area contributed by atoms with Gasteiger partial charge in [-0.15, -0.1) is 0 Å². The summed E-state index contributed by atoms with van der Waals surface area (Å²) in [6.07, 6.45) is 1.74. The SMILES string of the molecule is Cc1ccc(C2CC(CCN)=NN2c2cccc(Cl)c2C)cc1. The number of hydrogen-bond acceptors (Lipinski definition) is 3. The number of anilines is 1. The Bertz CT molecular complexity index is 722. The molecule has 0 fully saturated rings. The van der Waals surface area contributed by atoms with E-state index in [0.717, 1.165) is 34.8 Å². The van der Waals surface area contributed by atoms with E-state index >= 15 is 0 Å². The van der Waals surface area contributed by atoms with Gasteiger partial charge < -0.3 is 5.73 Å². The Morgan fingerprint density at radius 1 is 1.17 bits per heavy atom. The maximum atomic E-state index is 6.31. The fourth-order valence-electron chi connectivity index (χ4n) is 3.00. The summed E-state index contributed by atoms with van der Waals surface area (Å²) in [5.74, 6) is 0. The molecule has 0 spiro atoms. The molecule has 0 saturated heterocycles. The second-order valence-corrected chi connectivity index (χ2v) is 6.47. The minimum Gasteiger partial charge on any atom is -0.330 e. The average molecular weight is 328 g/mol. The van der Waals surface area contributed by atoms with E-state index in [9.17, 15) is 0 Å². The molecule has 2 aromatic carbocycles. The van der Waals surface area contributed by atoms with Crippen molar-refractivity contribution < 1.29 is 0 Å². The van der Waals surface area contributed by atoms with Gasteiger partial charge in [0, 0.05) is 17.2 Å². The Hall–Kier alpha value is -1.84. The van der Waals surface area contributed by atoms with Gasteiger partial charge in [-0.2, -0.15) is 5.10 Å². The van der Waals surface area contributed by atoms with Crippen LogP contribution in [0.5, 0.6) is 0 Å². The zero-order chi connectivity index (χ0) is 16.4. The lowest BCUT2D eigenvalue weighted by Crippen LogP contribution is -2.19. The molecule has 0 amide bonds. The molecule has 0 saturated carbocycles. The zero-order valence-corrected chi connectivity index (χ0v) is 14.3.